The molecule has 9 nitrogen and oxygen atoms in total. The molecule has 0 aliphatic carbocycles. The predicted molar refractivity (Wildman–Crippen MR) is 123 cm³/mol. The van der Waals surface area contributed by atoms with Gasteiger partial charge in [0.05, 0.1) is 12.8 Å². The molecule has 2 fully saturated rings. The topological polar surface area (TPSA) is 89.5 Å². The number of halogens is 1. The molecule has 2 aliphatic heterocycles. The first-order chi connectivity index (χ1) is 16.4. The minimum absolute atomic E-state index is 0.140. The van der Waals surface area contributed by atoms with Crippen LogP contribution in [0.2, 0.25) is 0 Å². The first kappa shape index (κ1) is 22.8. The minimum Gasteiger partial charge on any atom is -0.453 e. The summed E-state index contributed by atoms with van der Waals surface area (Å²) >= 11 is 0. The van der Waals surface area contributed by atoms with E-state index in [0.717, 1.165) is 63.1 Å². The van der Waals surface area contributed by atoms with Gasteiger partial charge in [-0.3, -0.25) is 0 Å². The first-order valence-corrected chi connectivity index (χ1v) is 12.0. The number of hydrogen-bond acceptors (Lipinski definition) is 7. The quantitative estimate of drug-likeness (QED) is 0.558. The average molecular weight is 471 g/mol. The maximum atomic E-state index is 14.7. The van der Waals surface area contributed by atoms with E-state index in [1.807, 2.05) is 19.9 Å². The van der Waals surface area contributed by atoms with E-state index < -0.39 is 0 Å². The zero-order valence-corrected chi connectivity index (χ0v) is 19.9. The van der Waals surface area contributed by atoms with Crippen LogP contribution >= 0.6 is 0 Å². The lowest BCUT2D eigenvalue weighted by molar-refractivity contribution is 0.128. The lowest BCUT2D eigenvalue weighted by atomic mass is 9.95. The molecule has 2 aromatic heterocycles. The highest BCUT2D eigenvalue weighted by molar-refractivity contribution is 5.84. The Morgan fingerprint density at radius 2 is 2.03 bits per heavy atom. The van der Waals surface area contributed by atoms with Crippen molar-refractivity contribution in [1.29, 1.82) is 0 Å². The molecule has 0 spiro atoms. The molecule has 0 radical (unpaired) electrons. The van der Waals surface area contributed by atoms with E-state index in [1.54, 1.807) is 11.0 Å². The number of ether oxygens (including phenoxy) is 1. The van der Waals surface area contributed by atoms with Crippen molar-refractivity contribution in [3.8, 4) is 5.95 Å². The third-order valence-corrected chi connectivity index (χ3v) is 7.02. The van der Waals surface area contributed by atoms with Crippen LogP contribution in [0.5, 0.6) is 0 Å². The number of amides is 1. The summed E-state index contributed by atoms with van der Waals surface area (Å²) in [4.78, 5) is 20.6. The van der Waals surface area contributed by atoms with Crippen LogP contribution in [0.4, 0.5) is 9.18 Å². The Kier molecular flexibility index (Phi) is 6.24. The molecule has 3 aromatic rings. The van der Waals surface area contributed by atoms with E-state index in [1.165, 1.54) is 17.9 Å². The van der Waals surface area contributed by atoms with Gasteiger partial charge < -0.3 is 19.1 Å². The number of carbonyl (C=O) groups is 1. The van der Waals surface area contributed by atoms with Gasteiger partial charge >= 0.3 is 6.09 Å². The van der Waals surface area contributed by atoms with Crippen molar-refractivity contribution in [2.24, 2.45) is 5.92 Å². The van der Waals surface area contributed by atoms with Gasteiger partial charge in [-0.25, -0.2) is 9.18 Å². The van der Waals surface area contributed by atoms with Crippen molar-refractivity contribution >= 4 is 17.0 Å². The van der Waals surface area contributed by atoms with Crippen LogP contribution in [0, 0.1) is 11.7 Å². The second-order valence-corrected chi connectivity index (χ2v) is 9.67. The molecular formula is C24H31FN6O3. The Balaban J connectivity index is 1.24. The number of piperidine rings is 1. The SMILES string of the molecule is COC(=O)N1CC[C@H](CN2CCC(c3nc(-n4nc(C(C)C)c5cccc(F)c54)no3)CC2)C1. The van der Waals surface area contributed by atoms with Crippen molar-refractivity contribution in [2.75, 3.05) is 39.8 Å². The van der Waals surface area contributed by atoms with E-state index in [9.17, 15) is 9.18 Å². The van der Waals surface area contributed by atoms with E-state index in [4.69, 9.17) is 9.26 Å². The van der Waals surface area contributed by atoms with Gasteiger partial charge in [0.25, 0.3) is 5.95 Å². The summed E-state index contributed by atoms with van der Waals surface area (Å²) in [6.45, 7) is 8.44. The van der Waals surface area contributed by atoms with Gasteiger partial charge in [0.1, 0.15) is 11.3 Å². The van der Waals surface area contributed by atoms with E-state index >= 15 is 0 Å². The molecule has 0 unspecified atom stereocenters. The molecule has 0 bridgehead atoms. The van der Waals surface area contributed by atoms with Crippen LogP contribution in [0.15, 0.2) is 22.7 Å². The van der Waals surface area contributed by atoms with E-state index in [2.05, 4.69) is 20.1 Å². The fraction of sp³-hybridized carbons (Fsp3) is 0.583. The molecule has 0 saturated carbocycles. The highest BCUT2D eigenvalue weighted by atomic mass is 19.1. The number of methoxy groups -OCH3 is 1. The first-order valence-electron chi connectivity index (χ1n) is 12.0. The number of rotatable bonds is 5. The van der Waals surface area contributed by atoms with Gasteiger partial charge in [0, 0.05) is 30.9 Å². The third-order valence-electron chi connectivity index (χ3n) is 7.02. The monoisotopic (exact) mass is 470 g/mol. The second-order valence-electron chi connectivity index (χ2n) is 9.67. The molecule has 34 heavy (non-hydrogen) atoms. The smallest absolute Gasteiger partial charge is 0.409 e. The Morgan fingerprint density at radius 3 is 2.76 bits per heavy atom. The molecule has 1 atom stereocenters. The number of fused-ring (bicyclic) bond motifs is 1. The third kappa shape index (κ3) is 4.26. The van der Waals surface area contributed by atoms with Crippen molar-refractivity contribution in [2.45, 2.75) is 44.9 Å². The normalized spacial score (nSPS) is 20.0. The van der Waals surface area contributed by atoms with E-state index in [0.29, 0.717) is 17.3 Å². The fourth-order valence-corrected chi connectivity index (χ4v) is 5.20. The Morgan fingerprint density at radius 1 is 1.24 bits per heavy atom. The number of para-hydroxylation sites is 1. The standard InChI is InChI=1S/C24H31FN6O3/c1-15(2)20-18-5-4-6-19(25)21(18)31(27-20)23-26-22(34-28-23)17-8-10-29(11-9-17)13-16-7-12-30(14-16)24(32)33-3/h4-6,15-17H,7-14H2,1-3H3/t16-/m1/s1. The summed E-state index contributed by atoms with van der Waals surface area (Å²) in [7, 11) is 1.43. The maximum absolute atomic E-state index is 14.7. The second kappa shape index (κ2) is 9.32. The molecule has 182 valence electrons. The van der Waals surface area contributed by atoms with Crippen molar-refractivity contribution < 1.29 is 18.4 Å². The van der Waals surface area contributed by atoms with Gasteiger partial charge in [0.15, 0.2) is 0 Å². The van der Waals surface area contributed by atoms with Gasteiger partial charge in [0.2, 0.25) is 5.89 Å². The highest BCUT2D eigenvalue weighted by Gasteiger charge is 2.31. The number of nitrogens with zero attached hydrogens (tertiary/aromatic N) is 6. The Bertz CT molecular complexity index is 1170. The van der Waals surface area contributed by atoms with Crippen molar-refractivity contribution in [3.63, 3.8) is 0 Å². The summed E-state index contributed by atoms with van der Waals surface area (Å²) in [5, 5.41) is 9.54. The molecule has 4 heterocycles. The van der Waals surface area contributed by atoms with Gasteiger partial charge in [-0.2, -0.15) is 14.8 Å². The molecular weight excluding hydrogens is 439 g/mol. The molecule has 1 aromatic carbocycles. The van der Waals surface area contributed by atoms with Crippen molar-refractivity contribution in [1.82, 2.24) is 29.7 Å². The summed E-state index contributed by atoms with van der Waals surface area (Å²) in [6, 6.07) is 5.00. The number of hydrogen-bond donors (Lipinski definition) is 0. The molecule has 2 aliphatic rings. The number of likely N-dealkylation sites (tertiary alicyclic amines) is 2. The van der Waals surface area contributed by atoms with E-state index in [-0.39, 0.29) is 29.7 Å². The van der Waals surface area contributed by atoms with Crippen molar-refractivity contribution in [3.05, 3.63) is 35.6 Å². The molecule has 2 saturated heterocycles. The van der Waals surface area contributed by atoms with Crippen LogP contribution in [0.1, 0.15) is 56.5 Å². The molecule has 5 rings (SSSR count). The summed E-state index contributed by atoms with van der Waals surface area (Å²) < 4.78 is 26.6. The number of carbonyl (C=O) groups excluding carboxylic acids is 1. The summed E-state index contributed by atoms with van der Waals surface area (Å²) in [6.07, 6.45) is 2.61. The minimum atomic E-state index is -0.353. The summed E-state index contributed by atoms with van der Waals surface area (Å²) in [5.74, 6) is 1.29. The Hall–Kier alpha value is -3.01. The fourth-order valence-electron chi connectivity index (χ4n) is 5.20. The lowest BCUT2D eigenvalue weighted by Gasteiger charge is -2.32. The number of aromatic nitrogens is 4. The zero-order valence-electron chi connectivity index (χ0n) is 19.9. The summed E-state index contributed by atoms with van der Waals surface area (Å²) in [5.41, 5.74) is 1.19. The Labute approximate surface area is 197 Å². The molecule has 0 N–H and O–H groups in total. The largest absolute Gasteiger partial charge is 0.453 e. The lowest BCUT2D eigenvalue weighted by Crippen LogP contribution is -2.37. The average Bonchev–Trinajstić information content (AvgIpc) is 3.58. The van der Waals surface area contributed by atoms with Crippen LogP contribution in [-0.4, -0.2) is 75.6 Å². The number of benzene rings is 1. The predicted octanol–water partition coefficient (Wildman–Crippen LogP) is 3.94. The van der Waals surface area contributed by atoms with Crippen LogP contribution in [-0.2, 0) is 4.74 Å². The zero-order chi connectivity index (χ0) is 23.8. The molecule has 10 heteroatoms. The maximum Gasteiger partial charge on any atom is 0.409 e. The van der Waals surface area contributed by atoms with Crippen LogP contribution in [0.25, 0.3) is 16.9 Å². The van der Waals surface area contributed by atoms with Gasteiger partial charge in [-0.05, 0) is 55.4 Å². The van der Waals surface area contributed by atoms with Crippen LogP contribution < -0.4 is 0 Å². The van der Waals surface area contributed by atoms with Gasteiger partial charge in [-0.15, -0.1) is 0 Å². The van der Waals surface area contributed by atoms with Gasteiger partial charge in [-0.1, -0.05) is 26.0 Å². The molecule has 1 amide bonds. The van der Waals surface area contributed by atoms with Crippen LogP contribution in [0.3, 0.4) is 0 Å². The highest BCUT2D eigenvalue weighted by Crippen LogP contribution is 2.31.